The van der Waals surface area contributed by atoms with Crippen molar-refractivity contribution in [2.75, 3.05) is 6.54 Å². The number of benzene rings is 1. The van der Waals surface area contributed by atoms with E-state index in [4.69, 9.17) is 0 Å². The van der Waals surface area contributed by atoms with Gasteiger partial charge in [0, 0.05) is 31.0 Å². The van der Waals surface area contributed by atoms with E-state index in [2.05, 4.69) is 10.3 Å². The summed E-state index contributed by atoms with van der Waals surface area (Å²) in [6, 6.07) is 9.23. The molecule has 2 aromatic heterocycles. The van der Waals surface area contributed by atoms with Gasteiger partial charge in [-0.15, -0.1) is 11.3 Å². The highest BCUT2D eigenvalue weighted by atomic mass is 32.1. The number of nitrogens with one attached hydrogen (secondary N) is 1. The molecule has 0 aliphatic carbocycles. The zero-order valence-electron chi connectivity index (χ0n) is 12.2. The van der Waals surface area contributed by atoms with Gasteiger partial charge >= 0.3 is 0 Å². The van der Waals surface area contributed by atoms with Crippen LogP contribution in [0.15, 0.2) is 42.0 Å². The van der Waals surface area contributed by atoms with Crippen molar-refractivity contribution in [1.82, 2.24) is 14.9 Å². The molecule has 5 nitrogen and oxygen atoms in total. The van der Waals surface area contributed by atoms with Gasteiger partial charge in [0.05, 0.1) is 21.8 Å². The molecule has 0 bridgehead atoms. The first kappa shape index (κ1) is 14.7. The first-order valence-corrected chi connectivity index (χ1v) is 7.94. The maximum atomic E-state index is 12.1. The lowest BCUT2D eigenvalue weighted by molar-refractivity contribution is 0.0941. The van der Waals surface area contributed by atoms with Crippen LogP contribution in [0.5, 0.6) is 0 Å². The second kappa shape index (κ2) is 6.29. The Morgan fingerprint density at radius 2 is 2.32 bits per heavy atom. The van der Waals surface area contributed by atoms with Crippen molar-refractivity contribution in [3.63, 3.8) is 0 Å². The summed E-state index contributed by atoms with van der Waals surface area (Å²) in [6.07, 6.45) is 1.79. The fourth-order valence-corrected chi connectivity index (χ4v) is 3.11. The average molecular weight is 315 g/mol. The second-order valence-electron chi connectivity index (χ2n) is 5.14. The lowest BCUT2D eigenvalue weighted by atomic mass is 10.1. The van der Waals surface area contributed by atoms with E-state index in [0.717, 1.165) is 15.9 Å². The SMILES string of the molecule is Cn1cccc1C(O)CCNC(=O)c1ccc2ncsc2c1. The van der Waals surface area contributed by atoms with Crippen molar-refractivity contribution < 1.29 is 9.90 Å². The van der Waals surface area contributed by atoms with Crippen LogP contribution in [-0.4, -0.2) is 27.1 Å². The largest absolute Gasteiger partial charge is 0.387 e. The first-order valence-electron chi connectivity index (χ1n) is 7.06. The number of aliphatic hydroxyl groups is 1. The molecule has 3 rings (SSSR count). The van der Waals surface area contributed by atoms with Crippen LogP contribution in [-0.2, 0) is 7.05 Å². The average Bonchev–Trinajstić information content (AvgIpc) is 3.14. The van der Waals surface area contributed by atoms with Crippen molar-refractivity contribution in [3.05, 3.63) is 53.3 Å². The Labute approximate surface area is 132 Å². The molecule has 2 N–H and O–H groups in total. The molecule has 0 aliphatic heterocycles. The number of rotatable bonds is 5. The van der Waals surface area contributed by atoms with Crippen LogP contribution in [0.25, 0.3) is 10.2 Å². The molecule has 0 fully saturated rings. The minimum absolute atomic E-state index is 0.130. The number of thiazole rings is 1. The molecule has 0 aliphatic rings. The van der Waals surface area contributed by atoms with E-state index in [1.165, 1.54) is 11.3 Å². The number of amides is 1. The first-order chi connectivity index (χ1) is 10.6. The second-order valence-corrected chi connectivity index (χ2v) is 6.03. The molecule has 1 amide bonds. The van der Waals surface area contributed by atoms with Gasteiger partial charge in [-0.3, -0.25) is 4.79 Å². The summed E-state index contributed by atoms with van der Waals surface area (Å²) in [5, 5.41) is 13.0. The Kier molecular flexibility index (Phi) is 4.22. The van der Waals surface area contributed by atoms with Crippen molar-refractivity contribution in [1.29, 1.82) is 0 Å². The van der Waals surface area contributed by atoms with Crippen LogP contribution in [0.1, 0.15) is 28.6 Å². The summed E-state index contributed by atoms with van der Waals surface area (Å²) in [6.45, 7) is 0.423. The molecule has 0 saturated heterocycles. The summed E-state index contributed by atoms with van der Waals surface area (Å²) >= 11 is 1.51. The van der Waals surface area contributed by atoms with Gasteiger partial charge in [-0.1, -0.05) is 0 Å². The lowest BCUT2D eigenvalue weighted by Crippen LogP contribution is -2.25. The number of carbonyl (C=O) groups is 1. The molecule has 1 aromatic carbocycles. The minimum Gasteiger partial charge on any atom is -0.387 e. The minimum atomic E-state index is -0.579. The van der Waals surface area contributed by atoms with E-state index < -0.39 is 6.10 Å². The normalized spacial score (nSPS) is 12.5. The molecule has 2 heterocycles. The topological polar surface area (TPSA) is 67.2 Å². The highest BCUT2D eigenvalue weighted by Crippen LogP contribution is 2.19. The number of hydrogen-bond donors (Lipinski definition) is 2. The monoisotopic (exact) mass is 315 g/mol. The highest BCUT2D eigenvalue weighted by Gasteiger charge is 2.12. The Morgan fingerprint density at radius 3 is 3.09 bits per heavy atom. The highest BCUT2D eigenvalue weighted by molar-refractivity contribution is 7.16. The molecule has 0 radical (unpaired) electrons. The summed E-state index contributed by atoms with van der Waals surface area (Å²) < 4.78 is 2.88. The third kappa shape index (κ3) is 3.03. The van der Waals surface area contributed by atoms with Crippen molar-refractivity contribution in [3.8, 4) is 0 Å². The zero-order valence-corrected chi connectivity index (χ0v) is 13.0. The van der Waals surface area contributed by atoms with Crippen molar-refractivity contribution in [2.24, 2.45) is 7.05 Å². The van der Waals surface area contributed by atoms with Crippen LogP contribution in [0.3, 0.4) is 0 Å². The van der Waals surface area contributed by atoms with Gasteiger partial charge in [-0.2, -0.15) is 0 Å². The maximum Gasteiger partial charge on any atom is 0.251 e. The maximum absolute atomic E-state index is 12.1. The van der Waals surface area contributed by atoms with Gasteiger partial charge in [0.2, 0.25) is 0 Å². The van der Waals surface area contributed by atoms with Crippen LogP contribution >= 0.6 is 11.3 Å². The van der Waals surface area contributed by atoms with E-state index >= 15 is 0 Å². The van der Waals surface area contributed by atoms with E-state index in [9.17, 15) is 9.90 Å². The molecular formula is C16H17N3O2S. The van der Waals surface area contributed by atoms with Crippen molar-refractivity contribution in [2.45, 2.75) is 12.5 Å². The van der Waals surface area contributed by atoms with Gasteiger partial charge < -0.3 is 15.0 Å². The smallest absolute Gasteiger partial charge is 0.251 e. The van der Waals surface area contributed by atoms with E-state index in [-0.39, 0.29) is 5.91 Å². The predicted octanol–water partition coefficient (Wildman–Crippen LogP) is 2.49. The number of carbonyl (C=O) groups excluding carboxylic acids is 1. The molecule has 22 heavy (non-hydrogen) atoms. The summed E-state index contributed by atoms with van der Waals surface area (Å²) in [5.74, 6) is -0.130. The fourth-order valence-electron chi connectivity index (χ4n) is 2.39. The third-order valence-electron chi connectivity index (χ3n) is 3.62. The van der Waals surface area contributed by atoms with Gasteiger partial charge in [0.15, 0.2) is 0 Å². The molecule has 1 unspecified atom stereocenters. The zero-order chi connectivity index (χ0) is 15.5. The van der Waals surface area contributed by atoms with E-state index in [1.807, 2.05) is 42.1 Å². The summed E-state index contributed by atoms with van der Waals surface area (Å²) in [5.41, 5.74) is 4.13. The van der Waals surface area contributed by atoms with Gasteiger partial charge in [0.25, 0.3) is 5.91 Å². The standard InChI is InChI=1S/C16H17N3O2S/c1-19-8-2-3-13(19)14(20)6-7-17-16(21)11-4-5-12-15(9-11)22-10-18-12/h2-5,8-10,14,20H,6-7H2,1H3,(H,17,21). The number of aryl methyl sites for hydroxylation is 1. The number of nitrogens with zero attached hydrogens (tertiary/aromatic N) is 2. The number of hydrogen-bond acceptors (Lipinski definition) is 4. The van der Waals surface area contributed by atoms with Gasteiger partial charge in [-0.25, -0.2) is 4.98 Å². The third-order valence-corrected chi connectivity index (χ3v) is 4.41. The summed E-state index contributed by atoms with van der Waals surface area (Å²) in [7, 11) is 1.89. The molecule has 6 heteroatoms. The van der Waals surface area contributed by atoms with E-state index in [0.29, 0.717) is 18.5 Å². The molecule has 0 spiro atoms. The summed E-state index contributed by atoms with van der Waals surface area (Å²) in [4.78, 5) is 16.3. The number of fused-ring (bicyclic) bond motifs is 1. The molecular weight excluding hydrogens is 298 g/mol. The molecule has 3 aromatic rings. The lowest BCUT2D eigenvalue weighted by Gasteiger charge is -2.12. The van der Waals surface area contributed by atoms with Gasteiger partial charge in [-0.05, 0) is 36.8 Å². The Hall–Kier alpha value is -2.18. The van der Waals surface area contributed by atoms with Crippen LogP contribution in [0.4, 0.5) is 0 Å². The fraction of sp³-hybridized carbons (Fsp3) is 0.250. The van der Waals surface area contributed by atoms with Gasteiger partial charge in [0.1, 0.15) is 0 Å². The number of aliphatic hydroxyl groups excluding tert-OH is 1. The predicted molar refractivity (Wildman–Crippen MR) is 86.9 cm³/mol. The molecule has 0 saturated carbocycles. The Morgan fingerprint density at radius 1 is 1.45 bits per heavy atom. The van der Waals surface area contributed by atoms with Crippen LogP contribution in [0.2, 0.25) is 0 Å². The molecule has 1 atom stereocenters. The van der Waals surface area contributed by atoms with Crippen molar-refractivity contribution >= 4 is 27.5 Å². The Balaban J connectivity index is 1.57. The van der Waals surface area contributed by atoms with E-state index in [1.54, 1.807) is 11.6 Å². The van der Waals surface area contributed by atoms with Crippen LogP contribution in [0, 0.1) is 0 Å². The molecule has 114 valence electrons. The quantitative estimate of drug-likeness (QED) is 0.760. The van der Waals surface area contributed by atoms with Crippen LogP contribution < -0.4 is 5.32 Å². The number of aromatic nitrogens is 2. The Bertz CT molecular complexity index is 793.